The maximum atomic E-state index is 12.8. The van der Waals surface area contributed by atoms with Gasteiger partial charge in [0.1, 0.15) is 5.82 Å². The second-order valence-electron chi connectivity index (χ2n) is 5.22. The number of nitrogens with zero attached hydrogens (tertiary/aromatic N) is 3. The number of aliphatic imine (C=N–C) groups is 1. The second kappa shape index (κ2) is 9.92. The van der Waals surface area contributed by atoms with Crippen molar-refractivity contribution >= 4 is 41.3 Å². The Morgan fingerprint density at radius 2 is 2.17 bits per heavy atom. The molecule has 9 heteroatoms. The fraction of sp³-hybridized carbons (Fsp3) is 0.467. The molecule has 2 N–H and O–H groups in total. The average Bonchev–Trinajstić information content (AvgIpc) is 3.12. The first-order valence-corrected chi connectivity index (χ1v) is 8.13. The highest BCUT2D eigenvalue weighted by Gasteiger charge is 2.12. The lowest BCUT2D eigenvalue weighted by Gasteiger charge is -2.17. The highest BCUT2D eigenvalue weighted by atomic mass is 127. The lowest BCUT2D eigenvalue weighted by molar-refractivity contribution is 0.0668. The molecule has 0 bridgehead atoms. The number of guanidine groups is 1. The van der Waals surface area contributed by atoms with E-state index in [9.17, 15) is 8.78 Å². The van der Waals surface area contributed by atoms with Crippen molar-refractivity contribution in [3.63, 3.8) is 0 Å². The van der Waals surface area contributed by atoms with Crippen LogP contribution >= 0.6 is 35.3 Å². The van der Waals surface area contributed by atoms with Crippen LogP contribution in [0, 0.1) is 6.92 Å². The fourth-order valence-electron chi connectivity index (χ4n) is 2.20. The van der Waals surface area contributed by atoms with Crippen molar-refractivity contribution in [2.75, 3.05) is 7.05 Å². The fourth-order valence-corrected chi connectivity index (χ4v) is 3.22. The molecule has 0 amide bonds. The molecule has 0 saturated carbocycles. The molecule has 0 fully saturated rings. The summed E-state index contributed by atoms with van der Waals surface area (Å²) in [6, 6.07) is 4.40. The first-order valence-electron chi connectivity index (χ1n) is 7.32. The first kappa shape index (κ1) is 20.8. The molecule has 0 saturated heterocycles. The van der Waals surface area contributed by atoms with E-state index < -0.39 is 6.55 Å². The molecule has 2 aromatic rings. The molecule has 1 atom stereocenters. The van der Waals surface area contributed by atoms with Gasteiger partial charge >= 0.3 is 6.55 Å². The van der Waals surface area contributed by atoms with Gasteiger partial charge in [0.15, 0.2) is 5.96 Å². The van der Waals surface area contributed by atoms with Crippen LogP contribution in [-0.4, -0.2) is 28.6 Å². The number of hydrogen-bond acceptors (Lipinski definition) is 3. The zero-order valence-electron chi connectivity index (χ0n) is 13.8. The summed E-state index contributed by atoms with van der Waals surface area (Å²) < 4.78 is 26.4. The van der Waals surface area contributed by atoms with Crippen LogP contribution in [-0.2, 0) is 13.0 Å². The monoisotopic (exact) mass is 469 g/mol. The topological polar surface area (TPSA) is 54.2 Å². The van der Waals surface area contributed by atoms with Crippen LogP contribution in [0.4, 0.5) is 8.78 Å². The van der Waals surface area contributed by atoms with Crippen LogP contribution in [0.15, 0.2) is 29.5 Å². The molecule has 0 spiro atoms. The Labute approximate surface area is 161 Å². The van der Waals surface area contributed by atoms with Gasteiger partial charge in [-0.05, 0) is 26.0 Å². The number of thiophene rings is 1. The highest BCUT2D eigenvalue weighted by Crippen LogP contribution is 2.16. The minimum atomic E-state index is -2.59. The number of halogens is 3. The Balaban J connectivity index is 0.00000288. The van der Waals surface area contributed by atoms with Gasteiger partial charge in [0.25, 0.3) is 0 Å². The van der Waals surface area contributed by atoms with Crippen LogP contribution in [0.5, 0.6) is 0 Å². The van der Waals surface area contributed by atoms with Crippen molar-refractivity contribution in [3.8, 4) is 0 Å². The lowest BCUT2D eigenvalue weighted by Crippen LogP contribution is -2.43. The largest absolute Gasteiger partial charge is 0.354 e. The van der Waals surface area contributed by atoms with E-state index in [1.54, 1.807) is 18.4 Å². The zero-order valence-corrected chi connectivity index (χ0v) is 16.9. The normalized spacial score (nSPS) is 12.8. The maximum Gasteiger partial charge on any atom is 0.319 e. The van der Waals surface area contributed by atoms with Gasteiger partial charge in [-0.15, -0.1) is 35.3 Å². The van der Waals surface area contributed by atoms with E-state index in [2.05, 4.69) is 46.6 Å². The number of aromatic nitrogens is 2. The smallest absolute Gasteiger partial charge is 0.319 e. The molecular weight excluding hydrogens is 447 g/mol. The van der Waals surface area contributed by atoms with Gasteiger partial charge in [0.2, 0.25) is 0 Å². The van der Waals surface area contributed by atoms with Gasteiger partial charge in [-0.2, -0.15) is 8.78 Å². The van der Waals surface area contributed by atoms with Crippen molar-refractivity contribution in [1.82, 2.24) is 20.2 Å². The molecule has 0 aliphatic carbocycles. The van der Waals surface area contributed by atoms with Gasteiger partial charge in [0.05, 0.1) is 6.54 Å². The summed E-state index contributed by atoms with van der Waals surface area (Å²) in [5, 5.41) is 6.27. The molecule has 134 valence electrons. The van der Waals surface area contributed by atoms with Crippen molar-refractivity contribution in [2.24, 2.45) is 4.99 Å². The van der Waals surface area contributed by atoms with Gasteiger partial charge in [-0.25, -0.2) is 4.98 Å². The van der Waals surface area contributed by atoms with E-state index in [0.29, 0.717) is 5.96 Å². The summed E-state index contributed by atoms with van der Waals surface area (Å²) in [5.41, 5.74) is 0. The number of alkyl halides is 2. The van der Waals surface area contributed by atoms with Crippen LogP contribution in [0.1, 0.15) is 29.1 Å². The number of aryl methyl sites for hydroxylation is 1. The van der Waals surface area contributed by atoms with Gasteiger partial charge in [-0.1, -0.05) is 0 Å². The average molecular weight is 469 g/mol. The molecule has 0 aromatic carbocycles. The van der Waals surface area contributed by atoms with Crippen molar-refractivity contribution in [3.05, 3.63) is 40.1 Å². The molecule has 5 nitrogen and oxygen atoms in total. The Bertz CT molecular complexity index is 656. The summed E-state index contributed by atoms with van der Waals surface area (Å²) in [6.07, 6.45) is 3.51. The third-order valence-electron chi connectivity index (χ3n) is 3.28. The van der Waals surface area contributed by atoms with E-state index in [1.165, 1.54) is 22.1 Å². The molecule has 0 aliphatic heterocycles. The van der Waals surface area contributed by atoms with Crippen molar-refractivity contribution in [1.29, 1.82) is 0 Å². The van der Waals surface area contributed by atoms with E-state index in [1.807, 2.05) is 0 Å². The Kier molecular flexibility index (Phi) is 8.60. The molecule has 2 heterocycles. The summed E-state index contributed by atoms with van der Waals surface area (Å²) in [7, 11) is 1.65. The zero-order chi connectivity index (χ0) is 16.8. The predicted octanol–water partition coefficient (Wildman–Crippen LogP) is 3.56. The minimum absolute atomic E-state index is 0. The minimum Gasteiger partial charge on any atom is -0.354 e. The molecule has 0 radical (unpaired) electrons. The molecule has 2 aromatic heterocycles. The summed E-state index contributed by atoms with van der Waals surface area (Å²) in [6.45, 7) is 1.73. The van der Waals surface area contributed by atoms with E-state index in [-0.39, 0.29) is 42.4 Å². The first-order chi connectivity index (χ1) is 11.0. The number of rotatable bonds is 6. The van der Waals surface area contributed by atoms with Crippen molar-refractivity contribution in [2.45, 2.75) is 39.4 Å². The quantitative estimate of drug-likeness (QED) is 0.387. The van der Waals surface area contributed by atoms with Crippen LogP contribution < -0.4 is 10.6 Å². The Morgan fingerprint density at radius 1 is 1.42 bits per heavy atom. The molecule has 2 rings (SSSR count). The number of hydrogen-bond donors (Lipinski definition) is 2. The van der Waals surface area contributed by atoms with E-state index in [0.717, 1.165) is 11.0 Å². The maximum absolute atomic E-state index is 12.8. The number of imidazole rings is 1. The van der Waals surface area contributed by atoms with E-state index >= 15 is 0 Å². The van der Waals surface area contributed by atoms with Crippen molar-refractivity contribution < 1.29 is 8.78 Å². The third-order valence-corrected chi connectivity index (χ3v) is 4.31. The van der Waals surface area contributed by atoms with Gasteiger partial charge < -0.3 is 10.6 Å². The SMILES string of the molecule is CN=C(NCc1nccn1C(F)F)NC(C)Cc1ccc(C)s1.I. The molecular formula is C15H22F2IN5S. The third kappa shape index (κ3) is 6.00. The summed E-state index contributed by atoms with van der Waals surface area (Å²) in [4.78, 5) is 10.6. The Morgan fingerprint density at radius 3 is 2.75 bits per heavy atom. The summed E-state index contributed by atoms with van der Waals surface area (Å²) in [5.74, 6) is 0.832. The molecule has 24 heavy (non-hydrogen) atoms. The standard InChI is InChI=1S/C15H21F2N5S.HI/c1-10(8-12-5-4-11(2)23-12)21-15(18-3)20-9-13-19-6-7-22(13)14(16)17;/h4-7,10,14H,8-9H2,1-3H3,(H2,18,20,21);1H. The van der Waals surface area contributed by atoms with Crippen LogP contribution in [0.3, 0.4) is 0 Å². The second-order valence-corrected chi connectivity index (χ2v) is 6.59. The lowest BCUT2D eigenvalue weighted by atomic mass is 10.2. The van der Waals surface area contributed by atoms with Gasteiger partial charge in [-0.3, -0.25) is 9.56 Å². The van der Waals surface area contributed by atoms with Gasteiger partial charge in [0, 0.05) is 41.7 Å². The van der Waals surface area contributed by atoms with Crippen LogP contribution in [0.25, 0.3) is 0 Å². The predicted molar refractivity (Wildman–Crippen MR) is 104 cm³/mol. The molecule has 1 unspecified atom stereocenters. The Hall–Kier alpha value is -1.23. The van der Waals surface area contributed by atoms with E-state index in [4.69, 9.17) is 0 Å². The number of nitrogens with one attached hydrogen (secondary N) is 2. The summed E-state index contributed by atoms with van der Waals surface area (Å²) >= 11 is 1.77. The highest BCUT2D eigenvalue weighted by molar-refractivity contribution is 14.0. The van der Waals surface area contributed by atoms with Crippen LogP contribution in [0.2, 0.25) is 0 Å². The molecule has 0 aliphatic rings.